The summed E-state index contributed by atoms with van der Waals surface area (Å²) < 4.78 is 37.7. The van der Waals surface area contributed by atoms with Gasteiger partial charge in [-0.05, 0) is 67.0 Å². The van der Waals surface area contributed by atoms with Crippen LogP contribution in [0.15, 0.2) is 52.9 Å². The Morgan fingerprint density at radius 3 is 2.56 bits per heavy atom. The minimum atomic E-state index is -1.23. The van der Waals surface area contributed by atoms with Crippen molar-refractivity contribution in [2.45, 2.75) is 71.1 Å². The van der Waals surface area contributed by atoms with Gasteiger partial charge in [0.2, 0.25) is 0 Å². The Morgan fingerprint density at radius 2 is 1.88 bits per heavy atom. The number of hydrogen-bond acceptors (Lipinski definition) is 8. The van der Waals surface area contributed by atoms with E-state index >= 15 is 0 Å². The number of fused-ring (bicyclic) bond motifs is 1. The maximum absolute atomic E-state index is 14.0. The van der Waals surface area contributed by atoms with Gasteiger partial charge in [-0.1, -0.05) is 56.2 Å². The maximum atomic E-state index is 14.0. The second-order valence-corrected chi connectivity index (χ2v) is 13.0. The maximum Gasteiger partial charge on any atom is 0.316 e. The van der Waals surface area contributed by atoms with Gasteiger partial charge in [-0.15, -0.1) is 5.10 Å². The molecule has 1 aliphatic carbocycles. The summed E-state index contributed by atoms with van der Waals surface area (Å²) in [6, 6.07) is 16.1. The van der Waals surface area contributed by atoms with Gasteiger partial charge < -0.3 is 23.5 Å². The molecule has 1 aliphatic rings. The second-order valence-electron chi connectivity index (χ2n) is 11.6. The van der Waals surface area contributed by atoms with E-state index < -0.39 is 20.7 Å². The van der Waals surface area contributed by atoms with Crippen LogP contribution in [0.1, 0.15) is 57.2 Å². The van der Waals surface area contributed by atoms with Crippen LogP contribution in [0.5, 0.6) is 5.75 Å². The molecular formula is C31H38FN4O4P. The fourth-order valence-corrected chi connectivity index (χ4v) is 6.27. The lowest BCUT2D eigenvalue weighted by atomic mass is 9.77. The minimum Gasteiger partial charge on any atom is -0.494 e. The molecule has 5 rings (SSSR count). The van der Waals surface area contributed by atoms with Crippen LogP contribution in [0.4, 0.5) is 10.4 Å². The number of halogens is 1. The van der Waals surface area contributed by atoms with Crippen molar-refractivity contribution in [3.8, 4) is 17.3 Å². The van der Waals surface area contributed by atoms with Crippen molar-refractivity contribution in [3.63, 3.8) is 0 Å². The number of ether oxygens (including phenoxy) is 1. The average molecular weight is 581 g/mol. The molecule has 2 aromatic carbocycles. The van der Waals surface area contributed by atoms with Crippen LogP contribution >= 0.6 is 8.38 Å². The van der Waals surface area contributed by atoms with E-state index in [4.69, 9.17) is 23.2 Å². The number of hydrogen-bond donors (Lipinski definition) is 1. The molecule has 0 saturated heterocycles. The fourth-order valence-electron chi connectivity index (χ4n) is 5.14. The molecule has 8 nitrogen and oxygen atoms in total. The summed E-state index contributed by atoms with van der Waals surface area (Å²) in [6.45, 7) is 12.8. The highest BCUT2D eigenvalue weighted by atomic mass is 31.2. The molecular weight excluding hydrogens is 542 g/mol. The van der Waals surface area contributed by atoms with Crippen molar-refractivity contribution in [1.82, 2.24) is 15.2 Å². The van der Waals surface area contributed by atoms with Crippen LogP contribution in [-0.2, 0) is 21.1 Å². The summed E-state index contributed by atoms with van der Waals surface area (Å²) in [4.78, 5) is 4.95. The summed E-state index contributed by atoms with van der Waals surface area (Å²) in [7, 11) is -1.23. The summed E-state index contributed by atoms with van der Waals surface area (Å²) in [5, 5.41) is 12.7. The molecule has 218 valence electrons. The largest absolute Gasteiger partial charge is 0.494 e. The smallest absolute Gasteiger partial charge is 0.316 e. The van der Waals surface area contributed by atoms with Crippen LogP contribution in [-0.4, -0.2) is 46.8 Å². The predicted octanol–water partition coefficient (Wildman–Crippen LogP) is 7.75. The second kappa shape index (κ2) is 12.0. The quantitative estimate of drug-likeness (QED) is 0.180. The first-order valence-electron chi connectivity index (χ1n) is 13.9. The van der Waals surface area contributed by atoms with Crippen molar-refractivity contribution in [2.75, 3.05) is 25.3 Å². The van der Waals surface area contributed by atoms with Crippen molar-refractivity contribution in [3.05, 3.63) is 65.2 Å². The normalized spacial score (nSPS) is 19.6. The van der Waals surface area contributed by atoms with E-state index in [0.717, 1.165) is 33.3 Å². The lowest BCUT2D eigenvalue weighted by Crippen LogP contribution is -2.53. The van der Waals surface area contributed by atoms with Crippen molar-refractivity contribution in [1.29, 1.82) is 0 Å². The fraction of sp³-hybridized carbons (Fsp3) is 0.452. The first-order chi connectivity index (χ1) is 19.6. The highest BCUT2D eigenvalue weighted by Gasteiger charge is 2.48. The average Bonchev–Trinajstić information content (AvgIpc) is 3.39. The number of pyridine rings is 1. The predicted molar refractivity (Wildman–Crippen MR) is 160 cm³/mol. The monoisotopic (exact) mass is 580 g/mol. The molecule has 1 atom stereocenters. The molecule has 2 aromatic heterocycles. The molecule has 0 amide bonds. The molecule has 1 unspecified atom stereocenters. The van der Waals surface area contributed by atoms with Gasteiger partial charge in [-0.3, -0.25) is 0 Å². The lowest BCUT2D eigenvalue weighted by molar-refractivity contribution is -0.0371. The molecule has 0 radical (unpaired) electrons. The molecule has 0 aliphatic heterocycles. The summed E-state index contributed by atoms with van der Waals surface area (Å²) in [5.74, 6) is 1.16. The number of rotatable bonds is 11. The number of aromatic nitrogens is 3. The van der Waals surface area contributed by atoms with Crippen LogP contribution in [0, 0.1) is 6.92 Å². The zero-order valence-corrected chi connectivity index (χ0v) is 25.4. The molecule has 0 bridgehead atoms. The Morgan fingerprint density at radius 1 is 1.12 bits per heavy atom. The van der Waals surface area contributed by atoms with Crippen molar-refractivity contribution in [2.24, 2.45) is 0 Å². The lowest BCUT2D eigenvalue weighted by Gasteiger charge is -2.46. The van der Waals surface area contributed by atoms with Crippen LogP contribution in [0.3, 0.4) is 0 Å². The summed E-state index contributed by atoms with van der Waals surface area (Å²) in [5.41, 5.74) is 3.66. The Balaban J connectivity index is 1.25. The van der Waals surface area contributed by atoms with Gasteiger partial charge in [0, 0.05) is 18.1 Å². The molecule has 1 saturated carbocycles. The van der Waals surface area contributed by atoms with Crippen LogP contribution in [0.2, 0.25) is 0 Å². The van der Waals surface area contributed by atoms with Crippen LogP contribution in [0.25, 0.3) is 22.5 Å². The van der Waals surface area contributed by atoms with E-state index in [-0.39, 0.29) is 17.5 Å². The van der Waals surface area contributed by atoms with Gasteiger partial charge in [0.15, 0.2) is 8.38 Å². The molecule has 2 heterocycles. The minimum absolute atomic E-state index is 0.0487. The highest BCUT2D eigenvalue weighted by Crippen LogP contribution is 2.49. The third-order valence-electron chi connectivity index (χ3n) is 7.24. The topological polar surface area (TPSA) is 91.5 Å². The van der Waals surface area contributed by atoms with E-state index in [0.29, 0.717) is 37.6 Å². The Hall–Kier alpha value is -3.13. The Bertz CT molecular complexity index is 1490. The number of alkyl halides is 1. The Kier molecular flexibility index (Phi) is 8.60. The van der Waals surface area contributed by atoms with Crippen LogP contribution < -0.4 is 10.1 Å². The zero-order valence-electron chi connectivity index (χ0n) is 24.5. The number of aryl methyl sites for hydroxylation is 1. The summed E-state index contributed by atoms with van der Waals surface area (Å²) >= 11 is 0. The SMILES string of the molecule is CCOc1cc(C(C)(C)C)c2nc(-c3nnc(NC4CC(CF)(OP(C)OCc5ccccc5)C4)o3)cc(C)c2c1. The van der Waals surface area contributed by atoms with Crippen molar-refractivity contribution >= 4 is 25.3 Å². The standard InChI is InChI=1S/C31H38FN4O4P/c1-7-37-23-14-24-20(2)13-26(34-27(24)25(15-23)30(3,4)5)28-35-36-29(39-28)33-22-16-31(17-22,19-32)40-41(6)38-18-21-11-9-8-10-12-21/h8-15,22H,7,16-19H2,1-6H3,(H,33,36). The third kappa shape index (κ3) is 6.69. The van der Waals surface area contributed by atoms with Gasteiger partial charge >= 0.3 is 6.01 Å². The number of benzene rings is 2. The molecule has 4 aromatic rings. The summed E-state index contributed by atoms with van der Waals surface area (Å²) in [6.07, 6.45) is 0.958. The third-order valence-corrected chi connectivity index (χ3v) is 8.38. The first-order valence-corrected chi connectivity index (χ1v) is 15.6. The van der Waals surface area contributed by atoms with E-state index in [2.05, 4.69) is 42.4 Å². The van der Waals surface area contributed by atoms with Crippen molar-refractivity contribution < 1.29 is 22.6 Å². The molecule has 1 N–H and O–H groups in total. The van der Waals surface area contributed by atoms with E-state index in [1.165, 1.54) is 0 Å². The van der Waals surface area contributed by atoms with E-state index in [1.54, 1.807) is 0 Å². The number of nitrogens with one attached hydrogen (secondary N) is 1. The molecule has 10 heteroatoms. The Labute approximate surface area is 241 Å². The molecule has 0 spiro atoms. The molecule has 41 heavy (non-hydrogen) atoms. The molecule has 1 fully saturated rings. The van der Waals surface area contributed by atoms with Gasteiger partial charge in [0.05, 0.1) is 18.7 Å². The highest BCUT2D eigenvalue weighted by molar-refractivity contribution is 7.46. The van der Waals surface area contributed by atoms with Gasteiger partial charge in [-0.2, -0.15) is 0 Å². The number of anilines is 1. The van der Waals surface area contributed by atoms with E-state index in [9.17, 15) is 4.39 Å². The van der Waals surface area contributed by atoms with E-state index in [1.807, 2.05) is 63.0 Å². The number of nitrogens with zero attached hydrogens (tertiary/aromatic N) is 3. The van der Waals surface area contributed by atoms with Gasteiger partial charge in [0.25, 0.3) is 5.89 Å². The van der Waals surface area contributed by atoms with Gasteiger partial charge in [-0.25, -0.2) is 9.37 Å². The van der Waals surface area contributed by atoms with Gasteiger partial charge in [0.1, 0.15) is 23.7 Å². The zero-order chi connectivity index (χ0) is 29.2. The first kappa shape index (κ1) is 29.4.